The highest BCUT2D eigenvalue weighted by Crippen LogP contribution is 2.30. The van der Waals surface area contributed by atoms with E-state index in [1.54, 1.807) is 17.5 Å². The van der Waals surface area contributed by atoms with Gasteiger partial charge in [0.2, 0.25) is 5.95 Å². The summed E-state index contributed by atoms with van der Waals surface area (Å²) in [4.78, 5) is 23.8. The first-order valence-electron chi connectivity index (χ1n) is 11.1. The van der Waals surface area contributed by atoms with Crippen LogP contribution in [0.25, 0.3) is 10.6 Å². The van der Waals surface area contributed by atoms with Crippen molar-refractivity contribution in [1.29, 1.82) is 0 Å². The predicted molar refractivity (Wildman–Crippen MR) is 124 cm³/mol. The molecule has 3 N–H and O–H groups in total. The van der Waals surface area contributed by atoms with Gasteiger partial charge in [0, 0.05) is 30.5 Å². The lowest BCUT2D eigenvalue weighted by molar-refractivity contribution is 0.461. The highest BCUT2D eigenvalue weighted by Gasteiger charge is 2.20. The van der Waals surface area contributed by atoms with E-state index < -0.39 is 0 Å². The Labute approximate surface area is 186 Å². The van der Waals surface area contributed by atoms with Crippen LogP contribution in [-0.2, 0) is 6.54 Å². The Kier molecular flexibility index (Phi) is 6.04. The second-order valence-corrected chi connectivity index (χ2v) is 9.43. The summed E-state index contributed by atoms with van der Waals surface area (Å²) in [5.41, 5.74) is 2.79. The highest BCUT2D eigenvalue weighted by atomic mass is 32.1. The molecule has 3 heterocycles. The number of hydrogen-bond donors (Lipinski definition) is 3. The smallest absolute Gasteiger partial charge is 0.223 e. The first-order valence-corrected chi connectivity index (χ1v) is 11.9. The average Bonchev–Trinajstić information content (AvgIpc) is 3.50. The molecule has 0 aromatic carbocycles. The largest absolute Gasteiger partial charge is 0.351 e. The van der Waals surface area contributed by atoms with Crippen LogP contribution in [0, 0.1) is 6.92 Å². The van der Waals surface area contributed by atoms with Gasteiger partial charge in [-0.1, -0.05) is 30.6 Å². The molecule has 2 aliphatic carbocycles. The number of hydrogen-bond acceptors (Lipinski definition) is 9. The lowest BCUT2D eigenvalue weighted by Gasteiger charge is -2.22. The van der Waals surface area contributed by atoms with Crippen LogP contribution >= 0.6 is 11.3 Å². The van der Waals surface area contributed by atoms with E-state index in [1.165, 1.54) is 44.9 Å². The molecule has 0 saturated heterocycles. The molecule has 0 bridgehead atoms. The standard InChI is InChI=1S/C22H28N8S/c1-14-9-18(29-21(27-14)28-16-5-3-2-4-6-16)19-12-26-22(31-19)30-20-13-24-17(11-25-20)10-23-15-7-8-15/h9,11-13,15-16,23H,2-8,10H2,1H3,(H,25,26,30)(H,27,28,29). The molecule has 2 fully saturated rings. The topological polar surface area (TPSA) is 101 Å². The Balaban J connectivity index is 1.24. The van der Waals surface area contributed by atoms with E-state index in [1.807, 2.05) is 25.4 Å². The molecule has 0 amide bonds. The van der Waals surface area contributed by atoms with Crippen molar-refractivity contribution in [2.24, 2.45) is 0 Å². The first-order chi connectivity index (χ1) is 15.2. The zero-order valence-electron chi connectivity index (χ0n) is 17.8. The number of anilines is 3. The molecule has 3 aromatic rings. The van der Waals surface area contributed by atoms with E-state index in [0.717, 1.165) is 33.6 Å². The lowest BCUT2D eigenvalue weighted by atomic mass is 9.96. The van der Waals surface area contributed by atoms with Crippen molar-refractivity contribution >= 4 is 28.2 Å². The second-order valence-electron chi connectivity index (χ2n) is 8.40. The third-order valence-corrected chi connectivity index (χ3v) is 6.58. The van der Waals surface area contributed by atoms with Crippen molar-refractivity contribution in [2.45, 2.75) is 70.5 Å². The molecule has 2 saturated carbocycles. The zero-order valence-corrected chi connectivity index (χ0v) is 18.6. The monoisotopic (exact) mass is 436 g/mol. The Morgan fingerprint density at radius 2 is 1.81 bits per heavy atom. The number of aryl methyl sites for hydroxylation is 1. The molecule has 0 spiro atoms. The number of nitrogens with one attached hydrogen (secondary N) is 3. The van der Waals surface area contributed by atoms with Crippen LogP contribution in [0.5, 0.6) is 0 Å². The predicted octanol–water partition coefficient (Wildman–Crippen LogP) is 4.44. The Morgan fingerprint density at radius 3 is 2.58 bits per heavy atom. The van der Waals surface area contributed by atoms with Crippen LogP contribution in [0.15, 0.2) is 24.7 Å². The molecule has 0 radical (unpaired) electrons. The zero-order chi connectivity index (χ0) is 21.0. The van der Waals surface area contributed by atoms with Crippen molar-refractivity contribution in [3.8, 4) is 10.6 Å². The van der Waals surface area contributed by atoms with Crippen LogP contribution in [-0.4, -0.2) is 37.0 Å². The maximum atomic E-state index is 4.76. The molecule has 0 aliphatic heterocycles. The molecule has 0 atom stereocenters. The van der Waals surface area contributed by atoms with Crippen molar-refractivity contribution in [1.82, 2.24) is 30.2 Å². The average molecular weight is 437 g/mol. The van der Waals surface area contributed by atoms with Gasteiger partial charge >= 0.3 is 0 Å². The Hall–Kier alpha value is -2.65. The molecule has 5 rings (SSSR count). The van der Waals surface area contributed by atoms with Gasteiger partial charge in [-0.2, -0.15) is 0 Å². The van der Waals surface area contributed by atoms with Crippen molar-refractivity contribution < 1.29 is 0 Å². The summed E-state index contributed by atoms with van der Waals surface area (Å²) in [6.07, 6.45) is 14.2. The summed E-state index contributed by atoms with van der Waals surface area (Å²) in [6, 6.07) is 3.14. The van der Waals surface area contributed by atoms with Crippen molar-refractivity contribution in [3.05, 3.63) is 36.0 Å². The summed E-state index contributed by atoms with van der Waals surface area (Å²) >= 11 is 1.55. The molecule has 2 aliphatic rings. The van der Waals surface area contributed by atoms with Crippen LogP contribution < -0.4 is 16.0 Å². The summed E-state index contributed by atoms with van der Waals surface area (Å²) in [6.45, 7) is 2.77. The van der Waals surface area contributed by atoms with Crippen LogP contribution in [0.4, 0.5) is 16.9 Å². The van der Waals surface area contributed by atoms with E-state index in [0.29, 0.717) is 23.8 Å². The third-order valence-electron chi connectivity index (χ3n) is 5.64. The SMILES string of the molecule is Cc1cc(-c2cnc(Nc3cnc(CNC4CC4)cn3)s2)nc(NC2CCCCC2)n1. The molecular weight excluding hydrogens is 408 g/mol. The fraction of sp³-hybridized carbons (Fsp3) is 0.500. The van der Waals surface area contributed by atoms with Crippen LogP contribution in [0.1, 0.15) is 56.3 Å². The molecule has 31 heavy (non-hydrogen) atoms. The van der Waals surface area contributed by atoms with Crippen molar-refractivity contribution in [3.63, 3.8) is 0 Å². The molecule has 9 heteroatoms. The van der Waals surface area contributed by atoms with E-state index in [-0.39, 0.29) is 0 Å². The van der Waals surface area contributed by atoms with Gasteiger partial charge in [-0.3, -0.25) is 4.98 Å². The van der Waals surface area contributed by atoms with Gasteiger partial charge in [0.05, 0.1) is 28.7 Å². The van der Waals surface area contributed by atoms with Gasteiger partial charge < -0.3 is 16.0 Å². The number of thiazole rings is 1. The van der Waals surface area contributed by atoms with Crippen molar-refractivity contribution in [2.75, 3.05) is 10.6 Å². The normalized spacial score (nSPS) is 16.9. The fourth-order valence-electron chi connectivity index (χ4n) is 3.80. The number of nitrogens with zero attached hydrogens (tertiary/aromatic N) is 5. The lowest BCUT2D eigenvalue weighted by Crippen LogP contribution is -2.23. The minimum absolute atomic E-state index is 0.475. The summed E-state index contributed by atoms with van der Waals surface area (Å²) in [7, 11) is 0. The quantitative estimate of drug-likeness (QED) is 0.476. The fourth-order valence-corrected chi connectivity index (χ4v) is 4.58. The summed E-state index contributed by atoms with van der Waals surface area (Å²) in [5.74, 6) is 1.40. The molecule has 3 aromatic heterocycles. The second kappa shape index (κ2) is 9.23. The van der Waals surface area contributed by atoms with E-state index >= 15 is 0 Å². The van der Waals surface area contributed by atoms with Gasteiger partial charge in [-0.05, 0) is 38.7 Å². The van der Waals surface area contributed by atoms with Gasteiger partial charge in [-0.25, -0.2) is 19.9 Å². The van der Waals surface area contributed by atoms with Gasteiger partial charge in [0.1, 0.15) is 0 Å². The highest BCUT2D eigenvalue weighted by molar-refractivity contribution is 7.18. The molecule has 0 unspecified atom stereocenters. The Bertz CT molecular complexity index is 1010. The Morgan fingerprint density at radius 1 is 0.935 bits per heavy atom. The molecule has 8 nitrogen and oxygen atoms in total. The van der Waals surface area contributed by atoms with Gasteiger partial charge in [0.25, 0.3) is 0 Å². The van der Waals surface area contributed by atoms with Crippen LogP contribution in [0.3, 0.4) is 0 Å². The minimum Gasteiger partial charge on any atom is -0.351 e. The molecular formula is C22H28N8S. The van der Waals surface area contributed by atoms with E-state index in [2.05, 4.69) is 35.9 Å². The summed E-state index contributed by atoms with van der Waals surface area (Å²) < 4.78 is 0. The van der Waals surface area contributed by atoms with Gasteiger partial charge in [0.15, 0.2) is 10.9 Å². The third kappa shape index (κ3) is 5.54. The first kappa shape index (κ1) is 20.3. The minimum atomic E-state index is 0.475. The number of aromatic nitrogens is 5. The summed E-state index contributed by atoms with van der Waals surface area (Å²) in [5, 5.41) is 11.0. The van der Waals surface area contributed by atoms with Gasteiger partial charge in [-0.15, -0.1) is 0 Å². The maximum absolute atomic E-state index is 4.76. The van der Waals surface area contributed by atoms with E-state index in [4.69, 9.17) is 4.98 Å². The van der Waals surface area contributed by atoms with Crippen LogP contribution in [0.2, 0.25) is 0 Å². The maximum Gasteiger partial charge on any atom is 0.223 e. The molecule has 162 valence electrons. The van der Waals surface area contributed by atoms with E-state index in [9.17, 15) is 0 Å². The number of rotatable bonds is 8.